The zero-order valence-electron chi connectivity index (χ0n) is 73.7. The van der Waals surface area contributed by atoms with Crippen LogP contribution in [-0.2, 0) is 0 Å². The van der Waals surface area contributed by atoms with Crippen molar-refractivity contribution in [2.45, 2.75) is 0 Å². The first kappa shape index (κ1) is 78.8. The van der Waals surface area contributed by atoms with Crippen LogP contribution in [0.3, 0.4) is 0 Å². The number of benzene rings is 27. The third kappa shape index (κ3) is 14.0. The average molecular weight is 1700 g/mol. The summed E-state index contributed by atoms with van der Waals surface area (Å²) in [6, 6.07) is 191. The van der Waals surface area contributed by atoms with Crippen LogP contribution < -0.4 is 0 Å². The fourth-order valence-electron chi connectivity index (χ4n) is 21.6. The van der Waals surface area contributed by atoms with Crippen LogP contribution in [0.4, 0.5) is 0 Å². The van der Waals surface area contributed by atoms with Gasteiger partial charge >= 0.3 is 0 Å². The molecule has 27 rings (SSSR count). The molecule has 0 atom stereocenters. The van der Waals surface area contributed by atoms with Gasteiger partial charge in [-0.3, -0.25) is 0 Å². The monoisotopic (exact) mass is 1690 g/mol. The van der Waals surface area contributed by atoms with Crippen molar-refractivity contribution < 1.29 is 0 Å². The Bertz CT molecular complexity index is 9190. The summed E-state index contributed by atoms with van der Waals surface area (Å²) in [4.78, 5) is 0. The second-order valence-electron chi connectivity index (χ2n) is 35.5. The van der Waals surface area contributed by atoms with E-state index in [0.29, 0.717) is 0 Å². The van der Waals surface area contributed by atoms with Gasteiger partial charge in [0.1, 0.15) is 0 Å². The maximum atomic E-state index is 2.38. The van der Waals surface area contributed by atoms with Crippen LogP contribution in [0.25, 0.3) is 262 Å². The van der Waals surface area contributed by atoms with Crippen LogP contribution in [0.15, 0.2) is 522 Å². The molecule has 0 unspecified atom stereocenters. The molecule has 0 aliphatic heterocycles. The lowest BCUT2D eigenvalue weighted by molar-refractivity contribution is 1.62. The zero-order valence-corrected chi connectivity index (χ0v) is 73.7. The first-order valence-corrected chi connectivity index (χ1v) is 46.5. The largest absolute Gasteiger partial charge is 0.0622 e. The number of hydrogen-bond donors (Lipinski definition) is 0. The summed E-state index contributed by atoms with van der Waals surface area (Å²) in [5.74, 6) is 0. The Labute approximate surface area is 778 Å². The average Bonchev–Trinajstić information content (AvgIpc) is 0.733. The molecule has 0 radical (unpaired) electrons. The third-order valence-electron chi connectivity index (χ3n) is 27.9. The highest BCUT2D eigenvalue weighted by Gasteiger charge is 2.24. The highest BCUT2D eigenvalue weighted by Crippen LogP contribution is 2.51. The van der Waals surface area contributed by atoms with Crippen molar-refractivity contribution in [2.24, 2.45) is 0 Å². The number of hydrogen-bond acceptors (Lipinski definition) is 0. The molecule has 27 aromatic rings. The predicted octanol–water partition coefficient (Wildman–Crippen LogP) is 37.9. The molecule has 0 amide bonds. The molecule has 27 aromatic carbocycles. The molecule has 0 nitrogen and oxygen atoms in total. The van der Waals surface area contributed by atoms with Crippen LogP contribution in [0.2, 0.25) is 0 Å². The molecule has 0 N–H and O–H groups in total. The van der Waals surface area contributed by atoms with E-state index < -0.39 is 0 Å². The van der Waals surface area contributed by atoms with Gasteiger partial charge in [0.25, 0.3) is 0 Å². The van der Waals surface area contributed by atoms with Crippen molar-refractivity contribution in [3.63, 3.8) is 0 Å². The number of rotatable bonds is 10. The minimum atomic E-state index is 1.22. The molecule has 0 fully saturated rings. The summed E-state index contributed by atoms with van der Waals surface area (Å²) in [5.41, 5.74) is 25.2. The summed E-state index contributed by atoms with van der Waals surface area (Å²) in [6.07, 6.45) is 0. The topological polar surface area (TPSA) is 0 Å². The van der Waals surface area contributed by atoms with Crippen LogP contribution in [-0.4, -0.2) is 0 Å². The van der Waals surface area contributed by atoms with Crippen molar-refractivity contribution >= 4 is 151 Å². The Morgan fingerprint density at radius 1 is 0.0746 bits per heavy atom. The fraction of sp³-hybridized carbons (Fsp3) is 0. The van der Waals surface area contributed by atoms with Crippen LogP contribution in [0, 0.1) is 0 Å². The molecular weight excluding hydrogens is 1610 g/mol. The normalized spacial score (nSPS) is 11.6. The minimum absolute atomic E-state index is 1.22. The standard InChI is InChI=1S/C50H32.C44H28.C40H26/c1-3-15-41-35(11-1)13-9-21-42(41)37-27-23-33(24-28-37)38-29-25-34-26-30-39(32-40(34)31-38)49-45-17-5-7-19-47(45)50(48-20-8-6-18-46(48)49)44-22-10-14-36-12-2-4-16-43(36)44;1-2-12-32-26-33(23-20-29(32)10-1)34-24-21-30-22-25-35(28-36(30)27-34)43-39-15-5-7-17-41(39)44(42-18-8-6-16-40(42)43)38-19-9-13-31-11-3-4-14-37(31)38;1-2-11-27(12-3-1)30-23-21-28-22-24-31(26-32(28)25-30)39-35-16-6-8-18-37(35)40(38-19-9-7-17-36(38)39)34-20-10-14-29-13-4-5-15-33(29)34/h1-32H;1-28H;1-26H. The maximum Gasteiger partial charge on any atom is -0.00201 e. The number of fused-ring (bicyclic) bond motifs is 14. The first-order valence-electron chi connectivity index (χ1n) is 46.5. The van der Waals surface area contributed by atoms with Gasteiger partial charge in [-0.2, -0.15) is 0 Å². The summed E-state index contributed by atoms with van der Waals surface area (Å²) >= 11 is 0. The second-order valence-corrected chi connectivity index (χ2v) is 35.5. The fourth-order valence-corrected chi connectivity index (χ4v) is 21.6. The van der Waals surface area contributed by atoms with Crippen molar-refractivity contribution in [1.29, 1.82) is 0 Å². The molecule has 0 saturated heterocycles. The molecule has 622 valence electrons. The van der Waals surface area contributed by atoms with Gasteiger partial charge in [0.05, 0.1) is 0 Å². The molecule has 0 bridgehead atoms. The molecule has 0 heterocycles. The predicted molar refractivity (Wildman–Crippen MR) is 579 cm³/mol. The van der Waals surface area contributed by atoms with Gasteiger partial charge in [-0.1, -0.05) is 479 Å². The lowest BCUT2D eigenvalue weighted by atomic mass is 9.84. The van der Waals surface area contributed by atoms with E-state index in [9.17, 15) is 0 Å². The summed E-state index contributed by atoms with van der Waals surface area (Å²) in [5, 5.41) is 35.5. The Morgan fingerprint density at radius 3 is 0.560 bits per heavy atom. The van der Waals surface area contributed by atoms with Crippen molar-refractivity contribution in [3.8, 4) is 111 Å². The quantitative estimate of drug-likeness (QED) is 0.120. The highest BCUT2D eigenvalue weighted by atomic mass is 14.3. The van der Waals surface area contributed by atoms with E-state index in [1.54, 1.807) is 0 Å². The van der Waals surface area contributed by atoms with Gasteiger partial charge < -0.3 is 0 Å². The Morgan fingerprint density at radius 2 is 0.254 bits per heavy atom. The minimum Gasteiger partial charge on any atom is -0.0622 e. The van der Waals surface area contributed by atoms with Gasteiger partial charge in [0, 0.05) is 0 Å². The lowest BCUT2D eigenvalue weighted by Gasteiger charge is -2.19. The SMILES string of the molecule is c1ccc(-c2ccc3ccc(-c4c5ccccc5c(-c5cccc6ccccc56)c5ccccc45)cc3c2)cc1.c1ccc2c(-c3ccc(-c4ccc5ccc(-c6c7ccccc7c(-c7cccc8ccccc78)c7ccccc67)cc5c4)cc3)cccc2c1.c1ccc2cc(-c3ccc4ccc(-c5c6ccccc6c(-c6cccc7ccccc67)c6ccccc56)cc4c3)ccc2c1. The molecule has 0 aliphatic rings. The smallest absolute Gasteiger partial charge is 0.00201 e. The van der Waals surface area contributed by atoms with E-state index in [-0.39, 0.29) is 0 Å². The van der Waals surface area contributed by atoms with Crippen molar-refractivity contribution in [1.82, 2.24) is 0 Å². The van der Waals surface area contributed by atoms with Crippen LogP contribution in [0.1, 0.15) is 0 Å². The van der Waals surface area contributed by atoms with Gasteiger partial charge in [-0.05, 0) is 305 Å². The van der Waals surface area contributed by atoms with E-state index in [4.69, 9.17) is 0 Å². The van der Waals surface area contributed by atoms with Crippen molar-refractivity contribution in [3.05, 3.63) is 522 Å². The van der Waals surface area contributed by atoms with Crippen molar-refractivity contribution in [2.75, 3.05) is 0 Å². The summed E-state index contributed by atoms with van der Waals surface area (Å²) in [7, 11) is 0. The summed E-state index contributed by atoms with van der Waals surface area (Å²) in [6.45, 7) is 0. The molecule has 0 saturated carbocycles. The Hall–Kier alpha value is -17.4. The van der Waals surface area contributed by atoms with Gasteiger partial charge in [0.15, 0.2) is 0 Å². The lowest BCUT2D eigenvalue weighted by Crippen LogP contribution is -1.91. The molecule has 0 spiro atoms. The van der Waals surface area contributed by atoms with Gasteiger partial charge in [0.2, 0.25) is 0 Å². The zero-order chi connectivity index (χ0) is 88.5. The van der Waals surface area contributed by atoms with Gasteiger partial charge in [-0.15, -0.1) is 0 Å². The van der Waals surface area contributed by atoms with E-state index in [1.807, 2.05) is 0 Å². The molecular formula is C134H86. The molecule has 0 aromatic heterocycles. The molecule has 0 aliphatic carbocycles. The van der Waals surface area contributed by atoms with E-state index in [2.05, 4.69) is 522 Å². The summed E-state index contributed by atoms with van der Waals surface area (Å²) < 4.78 is 0. The van der Waals surface area contributed by atoms with E-state index in [0.717, 1.165) is 0 Å². The van der Waals surface area contributed by atoms with Crippen LogP contribution in [0.5, 0.6) is 0 Å². The van der Waals surface area contributed by atoms with Crippen LogP contribution >= 0.6 is 0 Å². The highest BCUT2D eigenvalue weighted by molar-refractivity contribution is 6.28. The maximum absolute atomic E-state index is 2.38. The third-order valence-corrected chi connectivity index (χ3v) is 27.9. The first-order chi connectivity index (χ1) is 66.5. The van der Waals surface area contributed by atoms with E-state index in [1.165, 1.54) is 262 Å². The molecule has 134 heavy (non-hydrogen) atoms. The second kappa shape index (κ2) is 33.6. The van der Waals surface area contributed by atoms with E-state index >= 15 is 0 Å². The molecule has 0 heteroatoms. The Balaban J connectivity index is 0.000000108. The Kier molecular flexibility index (Phi) is 19.7. The van der Waals surface area contributed by atoms with Gasteiger partial charge in [-0.25, -0.2) is 0 Å².